The van der Waals surface area contributed by atoms with Crippen molar-refractivity contribution in [2.24, 2.45) is 16.6 Å². The number of thioether (sulfide) groups is 1. The van der Waals surface area contributed by atoms with E-state index in [0.29, 0.717) is 31.9 Å². The van der Waals surface area contributed by atoms with Crippen molar-refractivity contribution in [2.45, 2.75) is 50.7 Å². The fraction of sp³-hybridized carbons (Fsp3) is 0.433. The van der Waals surface area contributed by atoms with Crippen LogP contribution in [0.1, 0.15) is 43.2 Å². The molecule has 4 rings (SSSR count). The third-order valence-electron chi connectivity index (χ3n) is 7.47. The number of morpholine rings is 1. The van der Waals surface area contributed by atoms with Crippen LogP contribution >= 0.6 is 11.8 Å². The molecule has 212 valence electrons. The van der Waals surface area contributed by atoms with Crippen LogP contribution in [0.4, 0.5) is 8.78 Å². The molecule has 3 atom stereocenters. The number of benzene rings is 1. The van der Waals surface area contributed by atoms with E-state index in [1.165, 1.54) is 30.0 Å². The van der Waals surface area contributed by atoms with Gasteiger partial charge in [0, 0.05) is 36.3 Å². The highest BCUT2D eigenvalue weighted by Crippen LogP contribution is 2.51. The lowest BCUT2D eigenvalue weighted by Gasteiger charge is -2.48. The molecule has 40 heavy (non-hydrogen) atoms. The van der Waals surface area contributed by atoms with Gasteiger partial charge in [-0.2, -0.15) is 0 Å². The molecule has 0 saturated carbocycles. The van der Waals surface area contributed by atoms with Crippen molar-refractivity contribution in [1.82, 2.24) is 9.88 Å². The molecule has 1 saturated heterocycles. The summed E-state index contributed by atoms with van der Waals surface area (Å²) in [4.78, 5) is 24.3. The summed E-state index contributed by atoms with van der Waals surface area (Å²) in [6.45, 7) is 13.9. The number of carbonyl (C=O) groups excluding carboxylic acids is 1. The molecule has 2 aliphatic rings. The van der Waals surface area contributed by atoms with Gasteiger partial charge < -0.3 is 15.4 Å². The molecule has 1 amide bonds. The smallest absolute Gasteiger partial charge is 0.239 e. The van der Waals surface area contributed by atoms with E-state index in [4.69, 9.17) is 10.5 Å². The van der Waals surface area contributed by atoms with Gasteiger partial charge in [0.15, 0.2) is 5.17 Å². The van der Waals surface area contributed by atoms with Crippen molar-refractivity contribution in [2.75, 3.05) is 26.3 Å². The fourth-order valence-corrected chi connectivity index (χ4v) is 6.71. The average molecular weight is 583 g/mol. The van der Waals surface area contributed by atoms with E-state index < -0.39 is 35.9 Å². The molecule has 0 spiro atoms. The zero-order chi connectivity index (χ0) is 29.3. The number of carbonyl (C=O) groups is 1. The number of aliphatic imine (C=N–C) groups is 1. The second-order valence-corrected chi connectivity index (χ2v) is 17.8. The highest BCUT2D eigenvalue weighted by Gasteiger charge is 2.55. The number of amidine groups is 1. The average Bonchev–Trinajstić information content (AvgIpc) is 2.91. The molecule has 0 bridgehead atoms. The Bertz CT molecular complexity index is 1410. The van der Waals surface area contributed by atoms with Crippen LogP contribution in [0.5, 0.6) is 0 Å². The molecule has 1 aromatic heterocycles. The van der Waals surface area contributed by atoms with Crippen LogP contribution in [0.25, 0.3) is 11.9 Å². The Morgan fingerprint density at radius 3 is 2.55 bits per heavy atom. The Labute approximate surface area is 240 Å². The van der Waals surface area contributed by atoms with Gasteiger partial charge in [0.2, 0.25) is 5.91 Å². The fourth-order valence-electron chi connectivity index (χ4n) is 4.90. The third kappa shape index (κ3) is 6.32. The maximum atomic E-state index is 15.4. The molecule has 1 aromatic carbocycles. The second-order valence-electron chi connectivity index (χ2n) is 11.6. The van der Waals surface area contributed by atoms with Crippen LogP contribution < -0.4 is 5.73 Å². The monoisotopic (exact) mass is 582 g/mol. The lowest BCUT2D eigenvalue weighted by atomic mass is 9.73. The van der Waals surface area contributed by atoms with Gasteiger partial charge in [0.1, 0.15) is 24.5 Å². The van der Waals surface area contributed by atoms with E-state index in [9.17, 15) is 4.79 Å². The third-order valence-corrected chi connectivity index (χ3v) is 9.60. The first-order valence-corrected chi connectivity index (χ1v) is 17.6. The Morgan fingerprint density at radius 2 is 1.93 bits per heavy atom. The molecule has 0 unspecified atom stereocenters. The number of ether oxygens (including phenoxy) is 1. The number of pyridine rings is 1. The summed E-state index contributed by atoms with van der Waals surface area (Å²) in [5.74, 6) is 1.53. The lowest BCUT2D eigenvalue weighted by Crippen LogP contribution is -2.58. The molecule has 2 aliphatic heterocycles. The summed E-state index contributed by atoms with van der Waals surface area (Å²) in [6.07, 6.45) is 2.87. The van der Waals surface area contributed by atoms with Gasteiger partial charge in [-0.25, -0.2) is 8.78 Å². The zero-order valence-electron chi connectivity index (χ0n) is 23.8. The van der Waals surface area contributed by atoms with Gasteiger partial charge in [0.05, 0.1) is 24.4 Å². The maximum absolute atomic E-state index is 15.4. The second kappa shape index (κ2) is 11.5. The Kier molecular flexibility index (Phi) is 8.59. The van der Waals surface area contributed by atoms with Crippen LogP contribution in [0.15, 0.2) is 41.5 Å². The molecule has 10 heteroatoms. The van der Waals surface area contributed by atoms with E-state index in [2.05, 4.69) is 41.1 Å². The van der Waals surface area contributed by atoms with Gasteiger partial charge in [0.25, 0.3) is 0 Å². The summed E-state index contributed by atoms with van der Waals surface area (Å²) in [7, 11) is -1.54. The maximum Gasteiger partial charge on any atom is 0.239 e. The summed E-state index contributed by atoms with van der Waals surface area (Å²) in [5.41, 5.74) is 9.94. The predicted octanol–water partition coefficient (Wildman–Crippen LogP) is 5.45. The number of amides is 1. The van der Waals surface area contributed by atoms with Crippen LogP contribution in [0, 0.1) is 23.2 Å². The van der Waals surface area contributed by atoms with Gasteiger partial charge in [-0.15, -0.1) is 5.54 Å². The Balaban J connectivity index is 1.65. The van der Waals surface area contributed by atoms with Crippen LogP contribution in [-0.4, -0.2) is 60.1 Å². The Hall–Kier alpha value is -3.00. The number of rotatable bonds is 4. The molecule has 0 aliphatic carbocycles. The van der Waals surface area contributed by atoms with Gasteiger partial charge >= 0.3 is 0 Å². The minimum absolute atomic E-state index is 0.0797. The minimum atomic E-state index is -1.54. The van der Waals surface area contributed by atoms with E-state index in [0.717, 1.165) is 5.56 Å². The SMILES string of the molecule is C[C@@H]1[C@@](C)(C(=O)N2CCOCC2)SC(N)=N[C@]1(C)c1cc(/C=C(\F)c2ccc(C#C[Si](C)(C)C)cn2)ccc1F. The number of halogens is 2. The molecule has 2 aromatic rings. The number of hydrogen-bond donors (Lipinski definition) is 1. The summed E-state index contributed by atoms with van der Waals surface area (Å²) in [5, 5.41) is 0.206. The number of nitrogens with zero attached hydrogens (tertiary/aromatic N) is 3. The van der Waals surface area contributed by atoms with E-state index >= 15 is 8.78 Å². The topological polar surface area (TPSA) is 80.8 Å². The summed E-state index contributed by atoms with van der Waals surface area (Å²) in [6, 6.07) is 7.70. The van der Waals surface area contributed by atoms with Crippen LogP contribution in [-0.2, 0) is 15.1 Å². The van der Waals surface area contributed by atoms with E-state index in [-0.39, 0.29) is 22.3 Å². The molecule has 0 radical (unpaired) electrons. The first kappa shape index (κ1) is 30.0. The van der Waals surface area contributed by atoms with E-state index in [1.54, 1.807) is 36.2 Å². The molecule has 3 heterocycles. The summed E-state index contributed by atoms with van der Waals surface area (Å²) >= 11 is 1.20. The largest absolute Gasteiger partial charge is 0.378 e. The van der Waals surface area contributed by atoms with Crippen molar-refractivity contribution in [3.63, 3.8) is 0 Å². The van der Waals surface area contributed by atoms with Crippen molar-refractivity contribution in [1.29, 1.82) is 0 Å². The van der Waals surface area contributed by atoms with Crippen molar-refractivity contribution < 1.29 is 18.3 Å². The number of hydrogen-bond acceptors (Lipinski definition) is 6. The van der Waals surface area contributed by atoms with E-state index in [1.807, 2.05) is 13.8 Å². The highest BCUT2D eigenvalue weighted by atomic mass is 32.2. The van der Waals surface area contributed by atoms with Crippen molar-refractivity contribution in [3.05, 3.63) is 64.7 Å². The quantitative estimate of drug-likeness (QED) is 0.383. The standard InChI is InChI=1S/C30H36F2N4O2SSi/c1-20-29(2,35-28(33)39-30(20,3)27(37)36-12-14-38-15-13-36)23-17-22(7-9-24(23)31)18-25(32)26-10-8-21(19-34-26)11-16-40(4,5)6/h7-10,17-20H,12-15H2,1-6H3,(H2,33,35)/b25-18-/t20-,29-,30-/m0/s1. The van der Waals surface area contributed by atoms with Gasteiger partial charge in [-0.3, -0.25) is 14.8 Å². The normalized spacial score (nSPS) is 25.6. The van der Waals surface area contributed by atoms with Crippen molar-refractivity contribution >= 4 is 42.8 Å². The number of nitrogens with two attached hydrogens (primary N) is 1. The van der Waals surface area contributed by atoms with Crippen molar-refractivity contribution in [3.8, 4) is 11.5 Å². The molecule has 2 N–H and O–H groups in total. The zero-order valence-corrected chi connectivity index (χ0v) is 25.7. The Morgan fingerprint density at radius 1 is 1.23 bits per heavy atom. The molecule has 1 fully saturated rings. The lowest BCUT2D eigenvalue weighted by molar-refractivity contribution is -0.139. The highest BCUT2D eigenvalue weighted by molar-refractivity contribution is 8.15. The van der Waals surface area contributed by atoms with Crippen LogP contribution in [0.3, 0.4) is 0 Å². The number of aromatic nitrogens is 1. The predicted molar refractivity (Wildman–Crippen MR) is 161 cm³/mol. The molecular weight excluding hydrogens is 547 g/mol. The van der Waals surface area contributed by atoms with Gasteiger partial charge in [-0.1, -0.05) is 50.3 Å². The van der Waals surface area contributed by atoms with Gasteiger partial charge in [-0.05, 0) is 49.8 Å². The first-order valence-electron chi connectivity index (χ1n) is 13.3. The summed E-state index contributed by atoms with van der Waals surface area (Å²) < 4.78 is 35.1. The first-order chi connectivity index (χ1) is 18.7. The minimum Gasteiger partial charge on any atom is -0.378 e. The molecular formula is C30H36F2N4O2SSi. The van der Waals surface area contributed by atoms with Crippen LogP contribution in [0.2, 0.25) is 19.6 Å². The molecule has 6 nitrogen and oxygen atoms in total.